The van der Waals surface area contributed by atoms with E-state index in [1.54, 1.807) is 19.5 Å². The standard InChI is InChI=1S/C15H21N5O/c1-21-10-9-19-8-6-18-15(19)13-3-2-7-20(12-13)14-11-16-4-5-17-14/h4-6,8,11,13H,2-3,7,9-10,12H2,1H3/t13-/m0/s1. The Morgan fingerprint density at radius 3 is 3.05 bits per heavy atom. The molecule has 1 fully saturated rings. The summed E-state index contributed by atoms with van der Waals surface area (Å²) < 4.78 is 7.37. The topological polar surface area (TPSA) is 56.1 Å². The van der Waals surface area contributed by atoms with Gasteiger partial charge in [-0.05, 0) is 12.8 Å². The lowest BCUT2D eigenvalue weighted by atomic mass is 9.97. The van der Waals surface area contributed by atoms with Crippen LogP contribution in [0.15, 0.2) is 31.0 Å². The van der Waals surface area contributed by atoms with Gasteiger partial charge in [0.25, 0.3) is 0 Å². The van der Waals surface area contributed by atoms with Crippen LogP contribution in [0.1, 0.15) is 24.6 Å². The van der Waals surface area contributed by atoms with E-state index in [1.165, 1.54) is 6.42 Å². The van der Waals surface area contributed by atoms with Gasteiger partial charge in [-0.1, -0.05) is 0 Å². The van der Waals surface area contributed by atoms with Gasteiger partial charge in [-0.25, -0.2) is 9.97 Å². The maximum Gasteiger partial charge on any atom is 0.147 e. The number of piperidine rings is 1. The molecule has 2 aromatic rings. The number of hydrogen-bond acceptors (Lipinski definition) is 5. The van der Waals surface area contributed by atoms with Crippen molar-refractivity contribution in [2.45, 2.75) is 25.3 Å². The summed E-state index contributed by atoms with van der Waals surface area (Å²) in [5.41, 5.74) is 0. The number of methoxy groups -OCH3 is 1. The lowest BCUT2D eigenvalue weighted by molar-refractivity contribution is 0.185. The monoisotopic (exact) mass is 287 g/mol. The number of nitrogens with zero attached hydrogens (tertiary/aromatic N) is 5. The summed E-state index contributed by atoms with van der Waals surface area (Å²) in [7, 11) is 1.73. The first kappa shape index (κ1) is 14.0. The van der Waals surface area contributed by atoms with Gasteiger partial charge in [0.05, 0.1) is 12.8 Å². The van der Waals surface area contributed by atoms with Crippen molar-refractivity contribution in [2.24, 2.45) is 0 Å². The molecule has 0 aliphatic carbocycles. The van der Waals surface area contributed by atoms with Crippen LogP contribution in [0.4, 0.5) is 5.82 Å². The lowest BCUT2D eigenvalue weighted by Gasteiger charge is -2.33. The molecule has 0 spiro atoms. The van der Waals surface area contributed by atoms with E-state index in [1.807, 2.05) is 18.6 Å². The molecule has 3 rings (SSSR count). The summed E-state index contributed by atoms with van der Waals surface area (Å²) in [5, 5.41) is 0. The number of rotatable bonds is 5. The van der Waals surface area contributed by atoms with Gasteiger partial charge in [0, 0.05) is 57.4 Å². The van der Waals surface area contributed by atoms with Crippen LogP contribution < -0.4 is 4.90 Å². The minimum atomic E-state index is 0.438. The van der Waals surface area contributed by atoms with Crippen molar-refractivity contribution in [1.82, 2.24) is 19.5 Å². The number of anilines is 1. The zero-order chi connectivity index (χ0) is 14.5. The molecule has 1 aliphatic rings. The third-order valence-corrected chi connectivity index (χ3v) is 3.94. The summed E-state index contributed by atoms with van der Waals surface area (Å²) in [5.74, 6) is 2.55. The van der Waals surface area contributed by atoms with Crippen LogP contribution in [-0.4, -0.2) is 46.3 Å². The van der Waals surface area contributed by atoms with Crippen LogP contribution in [0.25, 0.3) is 0 Å². The molecule has 6 heteroatoms. The van der Waals surface area contributed by atoms with E-state index in [2.05, 4.69) is 24.4 Å². The Bertz CT molecular complexity index is 556. The average Bonchev–Trinajstić information content (AvgIpc) is 3.02. The SMILES string of the molecule is COCCn1ccnc1[C@H]1CCCN(c2cnccn2)C1. The quantitative estimate of drug-likeness (QED) is 0.838. The molecule has 6 nitrogen and oxygen atoms in total. The molecule has 2 aromatic heterocycles. The molecular weight excluding hydrogens is 266 g/mol. The fourth-order valence-electron chi connectivity index (χ4n) is 2.91. The van der Waals surface area contributed by atoms with Gasteiger partial charge in [-0.2, -0.15) is 0 Å². The summed E-state index contributed by atoms with van der Waals surface area (Å²) in [6, 6.07) is 0. The summed E-state index contributed by atoms with van der Waals surface area (Å²) in [6.45, 7) is 3.55. The van der Waals surface area contributed by atoms with E-state index in [0.717, 1.165) is 37.7 Å². The van der Waals surface area contributed by atoms with Gasteiger partial charge in [-0.3, -0.25) is 4.98 Å². The summed E-state index contributed by atoms with van der Waals surface area (Å²) in [6.07, 6.45) is 11.5. The molecule has 112 valence electrons. The molecule has 1 atom stereocenters. The van der Waals surface area contributed by atoms with Crippen LogP contribution in [0, 0.1) is 0 Å². The van der Waals surface area contributed by atoms with E-state index in [4.69, 9.17) is 4.74 Å². The first-order valence-electron chi connectivity index (χ1n) is 7.39. The Balaban J connectivity index is 1.73. The van der Waals surface area contributed by atoms with Crippen molar-refractivity contribution >= 4 is 5.82 Å². The van der Waals surface area contributed by atoms with Crippen LogP contribution in [-0.2, 0) is 11.3 Å². The van der Waals surface area contributed by atoms with Crippen molar-refractivity contribution in [3.63, 3.8) is 0 Å². The Hall–Kier alpha value is -1.95. The summed E-state index contributed by atoms with van der Waals surface area (Å²) >= 11 is 0. The minimum Gasteiger partial charge on any atom is -0.383 e. The highest BCUT2D eigenvalue weighted by Crippen LogP contribution is 2.27. The van der Waals surface area contributed by atoms with Crippen LogP contribution in [0.5, 0.6) is 0 Å². The van der Waals surface area contributed by atoms with Gasteiger partial charge < -0.3 is 14.2 Å². The molecule has 21 heavy (non-hydrogen) atoms. The van der Waals surface area contributed by atoms with Crippen molar-refractivity contribution in [3.8, 4) is 0 Å². The fraction of sp³-hybridized carbons (Fsp3) is 0.533. The largest absolute Gasteiger partial charge is 0.383 e. The van der Waals surface area contributed by atoms with Gasteiger partial charge in [-0.15, -0.1) is 0 Å². The van der Waals surface area contributed by atoms with Gasteiger partial charge in [0.1, 0.15) is 11.6 Å². The molecule has 0 radical (unpaired) electrons. The Labute approximate surface area is 124 Å². The Kier molecular flexibility index (Phi) is 4.45. The van der Waals surface area contributed by atoms with Gasteiger partial charge in [0.2, 0.25) is 0 Å². The van der Waals surface area contributed by atoms with Crippen molar-refractivity contribution < 1.29 is 4.74 Å². The maximum atomic E-state index is 5.17. The molecule has 0 amide bonds. The molecule has 3 heterocycles. The predicted molar refractivity (Wildman–Crippen MR) is 80.3 cm³/mol. The molecule has 0 saturated carbocycles. The van der Waals surface area contributed by atoms with Gasteiger partial charge >= 0.3 is 0 Å². The average molecular weight is 287 g/mol. The predicted octanol–water partition coefficient (Wildman–Crippen LogP) is 1.70. The number of imidazole rings is 1. The lowest BCUT2D eigenvalue weighted by Crippen LogP contribution is -2.36. The molecule has 0 unspecified atom stereocenters. The first-order valence-corrected chi connectivity index (χ1v) is 7.39. The minimum absolute atomic E-state index is 0.438. The molecule has 1 saturated heterocycles. The zero-order valence-electron chi connectivity index (χ0n) is 12.4. The molecule has 0 bridgehead atoms. The second kappa shape index (κ2) is 6.67. The van der Waals surface area contributed by atoms with Crippen LogP contribution >= 0.6 is 0 Å². The Morgan fingerprint density at radius 1 is 1.29 bits per heavy atom. The first-order chi connectivity index (χ1) is 10.4. The highest BCUT2D eigenvalue weighted by atomic mass is 16.5. The van der Waals surface area contributed by atoms with Crippen LogP contribution in [0.2, 0.25) is 0 Å². The van der Waals surface area contributed by atoms with Gasteiger partial charge in [0.15, 0.2) is 0 Å². The summed E-state index contributed by atoms with van der Waals surface area (Å²) in [4.78, 5) is 15.4. The van der Waals surface area contributed by atoms with E-state index in [-0.39, 0.29) is 0 Å². The third kappa shape index (κ3) is 3.21. The van der Waals surface area contributed by atoms with E-state index < -0.39 is 0 Å². The Morgan fingerprint density at radius 2 is 2.24 bits per heavy atom. The number of hydrogen-bond donors (Lipinski definition) is 0. The zero-order valence-corrected chi connectivity index (χ0v) is 12.4. The van der Waals surface area contributed by atoms with Crippen LogP contribution in [0.3, 0.4) is 0 Å². The van der Waals surface area contributed by atoms with Crippen molar-refractivity contribution in [1.29, 1.82) is 0 Å². The molecular formula is C15H21N5O. The normalized spacial score (nSPS) is 18.9. The maximum absolute atomic E-state index is 5.17. The highest BCUT2D eigenvalue weighted by molar-refractivity contribution is 5.36. The number of ether oxygens (including phenoxy) is 1. The third-order valence-electron chi connectivity index (χ3n) is 3.94. The smallest absolute Gasteiger partial charge is 0.147 e. The van der Waals surface area contributed by atoms with Crippen molar-refractivity contribution in [2.75, 3.05) is 31.7 Å². The van der Waals surface area contributed by atoms with Crippen molar-refractivity contribution in [3.05, 3.63) is 36.8 Å². The number of aromatic nitrogens is 4. The second-order valence-electron chi connectivity index (χ2n) is 5.32. The molecule has 0 aromatic carbocycles. The van der Waals surface area contributed by atoms with E-state index in [9.17, 15) is 0 Å². The molecule has 1 aliphatic heterocycles. The van der Waals surface area contributed by atoms with E-state index in [0.29, 0.717) is 12.5 Å². The second-order valence-corrected chi connectivity index (χ2v) is 5.32. The van der Waals surface area contributed by atoms with E-state index >= 15 is 0 Å². The molecule has 0 N–H and O–H groups in total. The highest BCUT2D eigenvalue weighted by Gasteiger charge is 2.25. The fourth-order valence-corrected chi connectivity index (χ4v) is 2.91.